The van der Waals surface area contributed by atoms with E-state index in [0.717, 1.165) is 11.1 Å². The van der Waals surface area contributed by atoms with Crippen molar-refractivity contribution >= 4 is 22.9 Å². The number of carboxylic acids is 1. The van der Waals surface area contributed by atoms with Crippen LogP contribution in [0, 0.1) is 6.92 Å². The van der Waals surface area contributed by atoms with Crippen LogP contribution in [0.3, 0.4) is 0 Å². The number of aromatic nitrogens is 3. The van der Waals surface area contributed by atoms with Gasteiger partial charge in [-0.1, -0.05) is 6.08 Å². The molecule has 2 heterocycles. The molecule has 0 aliphatic rings. The van der Waals surface area contributed by atoms with Crippen LogP contribution in [0.25, 0.3) is 11.0 Å². The van der Waals surface area contributed by atoms with Gasteiger partial charge in [0, 0.05) is 25.2 Å². The lowest BCUT2D eigenvalue weighted by molar-refractivity contribution is -0.137. The van der Waals surface area contributed by atoms with Gasteiger partial charge in [0.15, 0.2) is 5.65 Å². The fourth-order valence-electron chi connectivity index (χ4n) is 2.15. The van der Waals surface area contributed by atoms with E-state index in [1.165, 1.54) is 17.2 Å². The number of hydrogen-bond donors (Lipinski definition) is 1. The molecule has 0 fully saturated rings. The summed E-state index contributed by atoms with van der Waals surface area (Å²) in [6.07, 6.45) is 2.92. The summed E-state index contributed by atoms with van der Waals surface area (Å²) in [6.45, 7) is 5.15. The first-order chi connectivity index (χ1) is 9.93. The van der Waals surface area contributed by atoms with Gasteiger partial charge >= 0.3 is 5.97 Å². The molecule has 2 rings (SSSR count). The van der Waals surface area contributed by atoms with Crippen LogP contribution in [-0.4, -0.2) is 49.7 Å². The minimum atomic E-state index is -1.07. The van der Waals surface area contributed by atoms with Crippen molar-refractivity contribution in [2.45, 2.75) is 6.92 Å². The van der Waals surface area contributed by atoms with Crippen molar-refractivity contribution in [3.63, 3.8) is 0 Å². The van der Waals surface area contributed by atoms with E-state index in [2.05, 4.69) is 16.7 Å². The number of aryl methyl sites for hydroxylation is 2. The highest BCUT2D eigenvalue weighted by Gasteiger charge is 2.19. The average molecular weight is 288 g/mol. The third-order valence-corrected chi connectivity index (χ3v) is 3.07. The Kier molecular flexibility index (Phi) is 4.02. The van der Waals surface area contributed by atoms with E-state index in [1.807, 2.05) is 6.92 Å². The highest BCUT2D eigenvalue weighted by Crippen LogP contribution is 2.17. The lowest BCUT2D eigenvalue weighted by Gasteiger charge is -2.18. The quantitative estimate of drug-likeness (QED) is 0.829. The summed E-state index contributed by atoms with van der Waals surface area (Å²) in [6, 6.07) is 1.69. The number of carbonyl (C=O) groups excluding carboxylic acids is 1. The standard InChI is InChI=1S/C14H16N4O3/c1-4-5-18(8-12(19)20)14(21)10-6-11-9(2)16-17(3)13(11)15-7-10/h4,6-7H,1,5,8H2,2-3H3,(H,19,20). The van der Waals surface area contributed by atoms with Crippen LogP contribution >= 0.6 is 0 Å². The van der Waals surface area contributed by atoms with Gasteiger partial charge in [-0.05, 0) is 13.0 Å². The number of amides is 1. The lowest BCUT2D eigenvalue weighted by Crippen LogP contribution is -2.35. The molecule has 0 spiro atoms. The molecule has 0 bridgehead atoms. The highest BCUT2D eigenvalue weighted by atomic mass is 16.4. The fraction of sp³-hybridized carbons (Fsp3) is 0.286. The van der Waals surface area contributed by atoms with Crippen LogP contribution in [0.4, 0.5) is 0 Å². The topological polar surface area (TPSA) is 88.3 Å². The van der Waals surface area contributed by atoms with Crippen molar-refractivity contribution in [1.29, 1.82) is 0 Å². The lowest BCUT2D eigenvalue weighted by atomic mass is 10.2. The van der Waals surface area contributed by atoms with E-state index in [-0.39, 0.29) is 13.1 Å². The van der Waals surface area contributed by atoms with E-state index in [9.17, 15) is 9.59 Å². The van der Waals surface area contributed by atoms with Gasteiger partial charge in [0.25, 0.3) is 5.91 Å². The molecule has 0 unspecified atom stereocenters. The first-order valence-corrected chi connectivity index (χ1v) is 6.35. The van der Waals surface area contributed by atoms with Crippen molar-refractivity contribution < 1.29 is 14.7 Å². The van der Waals surface area contributed by atoms with Crippen LogP contribution < -0.4 is 0 Å². The predicted octanol–water partition coefficient (Wildman–Crippen LogP) is 0.990. The Bertz CT molecular complexity index is 720. The van der Waals surface area contributed by atoms with E-state index in [0.29, 0.717) is 11.2 Å². The van der Waals surface area contributed by atoms with Crippen molar-refractivity contribution in [1.82, 2.24) is 19.7 Å². The Hall–Kier alpha value is -2.70. The SMILES string of the molecule is C=CCN(CC(=O)O)C(=O)c1cnc2c(c1)c(C)nn2C. The van der Waals surface area contributed by atoms with E-state index < -0.39 is 11.9 Å². The largest absolute Gasteiger partial charge is 0.480 e. The summed E-state index contributed by atoms with van der Waals surface area (Å²) in [5.74, 6) is -1.47. The smallest absolute Gasteiger partial charge is 0.323 e. The second-order valence-corrected chi connectivity index (χ2v) is 4.67. The number of carbonyl (C=O) groups is 2. The number of rotatable bonds is 5. The molecular formula is C14H16N4O3. The fourth-order valence-corrected chi connectivity index (χ4v) is 2.15. The van der Waals surface area contributed by atoms with Crippen molar-refractivity contribution in [3.05, 3.63) is 36.2 Å². The second-order valence-electron chi connectivity index (χ2n) is 4.67. The molecule has 7 heteroatoms. The Morgan fingerprint density at radius 1 is 1.52 bits per heavy atom. The highest BCUT2D eigenvalue weighted by molar-refractivity contribution is 5.98. The number of fused-ring (bicyclic) bond motifs is 1. The zero-order valence-electron chi connectivity index (χ0n) is 11.9. The van der Waals surface area contributed by atoms with Crippen LogP contribution in [0.2, 0.25) is 0 Å². The number of carboxylic acid groups (broad SMARTS) is 1. The molecule has 0 saturated carbocycles. The normalized spacial score (nSPS) is 10.6. The first-order valence-electron chi connectivity index (χ1n) is 6.35. The van der Waals surface area contributed by atoms with Gasteiger partial charge in [-0.25, -0.2) is 4.98 Å². The summed E-state index contributed by atoms with van der Waals surface area (Å²) in [4.78, 5) is 28.6. The molecule has 2 aromatic rings. The predicted molar refractivity (Wildman–Crippen MR) is 77.0 cm³/mol. The van der Waals surface area contributed by atoms with Gasteiger partial charge in [-0.3, -0.25) is 14.3 Å². The molecule has 7 nitrogen and oxygen atoms in total. The van der Waals surface area contributed by atoms with Crippen molar-refractivity contribution in [3.8, 4) is 0 Å². The summed E-state index contributed by atoms with van der Waals surface area (Å²) in [5.41, 5.74) is 1.78. The molecule has 0 saturated heterocycles. The van der Waals surface area contributed by atoms with Crippen LogP contribution in [0.1, 0.15) is 16.1 Å². The molecule has 0 atom stereocenters. The number of aliphatic carboxylic acids is 1. The maximum atomic E-state index is 12.4. The number of nitrogens with zero attached hydrogens (tertiary/aromatic N) is 4. The maximum absolute atomic E-state index is 12.4. The molecule has 21 heavy (non-hydrogen) atoms. The maximum Gasteiger partial charge on any atom is 0.323 e. The van der Waals surface area contributed by atoms with Gasteiger partial charge in [-0.2, -0.15) is 5.10 Å². The monoisotopic (exact) mass is 288 g/mol. The zero-order valence-corrected chi connectivity index (χ0v) is 11.9. The van der Waals surface area contributed by atoms with Gasteiger partial charge in [0.1, 0.15) is 6.54 Å². The first kappa shape index (κ1) is 14.7. The van der Waals surface area contributed by atoms with Crippen LogP contribution in [-0.2, 0) is 11.8 Å². The Balaban J connectivity index is 2.39. The van der Waals surface area contributed by atoms with E-state index in [1.54, 1.807) is 17.8 Å². The van der Waals surface area contributed by atoms with Crippen LogP contribution in [0.5, 0.6) is 0 Å². The Morgan fingerprint density at radius 2 is 2.24 bits per heavy atom. The van der Waals surface area contributed by atoms with Crippen molar-refractivity contribution in [2.75, 3.05) is 13.1 Å². The Labute approximate surface area is 121 Å². The van der Waals surface area contributed by atoms with Gasteiger partial charge < -0.3 is 10.0 Å². The summed E-state index contributed by atoms with van der Waals surface area (Å²) < 4.78 is 1.64. The van der Waals surface area contributed by atoms with E-state index >= 15 is 0 Å². The van der Waals surface area contributed by atoms with Crippen LogP contribution in [0.15, 0.2) is 24.9 Å². The number of pyridine rings is 1. The third-order valence-electron chi connectivity index (χ3n) is 3.07. The summed E-state index contributed by atoms with van der Waals surface area (Å²) >= 11 is 0. The summed E-state index contributed by atoms with van der Waals surface area (Å²) in [7, 11) is 1.78. The number of hydrogen-bond acceptors (Lipinski definition) is 4. The molecular weight excluding hydrogens is 272 g/mol. The average Bonchev–Trinajstić information content (AvgIpc) is 2.72. The molecule has 0 aliphatic heterocycles. The minimum absolute atomic E-state index is 0.162. The van der Waals surface area contributed by atoms with Gasteiger partial charge in [-0.15, -0.1) is 6.58 Å². The minimum Gasteiger partial charge on any atom is -0.480 e. The molecule has 0 radical (unpaired) electrons. The molecule has 1 N–H and O–H groups in total. The van der Waals surface area contributed by atoms with Crippen molar-refractivity contribution in [2.24, 2.45) is 7.05 Å². The second kappa shape index (κ2) is 5.74. The molecule has 1 amide bonds. The summed E-state index contributed by atoms with van der Waals surface area (Å²) in [5, 5.41) is 13.9. The molecule has 0 aromatic carbocycles. The Morgan fingerprint density at radius 3 is 2.86 bits per heavy atom. The van der Waals surface area contributed by atoms with E-state index in [4.69, 9.17) is 5.11 Å². The zero-order chi connectivity index (χ0) is 15.6. The van der Waals surface area contributed by atoms with Gasteiger partial charge in [0.2, 0.25) is 0 Å². The van der Waals surface area contributed by atoms with Gasteiger partial charge in [0.05, 0.1) is 11.3 Å². The molecule has 110 valence electrons. The molecule has 2 aromatic heterocycles. The third kappa shape index (κ3) is 2.91. The molecule has 0 aliphatic carbocycles.